The summed E-state index contributed by atoms with van der Waals surface area (Å²) in [7, 11) is 0. The maximum Gasteiger partial charge on any atom is 0.137 e. The lowest BCUT2D eigenvalue weighted by atomic mass is 10.1. The van der Waals surface area contributed by atoms with Gasteiger partial charge in [0, 0.05) is 16.1 Å². The van der Waals surface area contributed by atoms with Gasteiger partial charge in [-0.05, 0) is 31.0 Å². The van der Waals surface area contributed by atoms with Crippen molar-refractivity contribution in [3.8, 4) is 0 Å². The SMILES string of the molecule is FCC1(c2ncc3cc(Br)ccc3n2)CC1. The molecule has 0 radical (unpaired) electrons. The maximum atomic E-state index is 12.9. The summed E-state index contributed by atoms with van der Waals surface area (Å²) in [4.78, 5) is 8.73. The zero-order chi connectivity index (χ0) is 11.2. The minimum atomic E-state index is -0.374. The quantitative estimate of drug-likeness (QED) is 0.843. The molecule has 0 amide bonds. The average molecular weight is 281 g/mol. The van der Waals surface area contributed by atoms with Gasteiger partial charge in [0.1, 0.15) is 12.5 Å². The number of alkyl halides is 1. The smallest absolute Gasteiger partial charge is 0.137 e. The molecule has 1 heterocycles. The molecule has 0 saturated heterocycles. The summed E-state index contributed by atoms with van der Waals surface area (Å²) in [6.07, 6.45) is 3.51. The van der Waals surface area contributed by atoms with Gasteiger partial charge in [-0.25, -0.2) is 14.4 Å². The van der Waals surface area contributed by atoms with E-state index in [-0.39, 0.29) is 12.1 Å². The largest absolute Gasteiger partial charge is 0.250 e. The van der Waals surface area contributed by atoms with Gasteiger partial charge >= 0.3 is 0 Å². The third-order valence-electron chi connectivity index (χ3n) is 3.13. The second kappa shape index (κ2) is 3.48. The molecular formula is C12H10BrFN2. The third kappa shape index (κ3) is 1.52. The van der Waals surface area contributed by atoms with Crippen LogP contribution in [0.1, 0.15) is 18.7 Å². The number of halogens is 2. The van der Waals surface area contributed by atoms with Crippen LogP contribution in [0.25, 0.3) is 10.9 Å². The van der Waals surface area contributed by atoms with Crippen molar-refractivity contribution in [3.63, 3.8) is 0 Å². The van der Waals surface area contributed by atoms with Gasteiger partial charge in [-0.3, -0.25) is 0 Å². The van der Waals surface area contributed by atoms with Gasteiger partial charge < -0.3 is 0 Å². The standard InChI is InChI=1S/C12H10BrFN2/c13-9-1-2-10-8(5-9)6-15-11(16-10)12(7-14)3-4-12/h1-2,5-6H,3-4,7H2. The Morgan fingerprint density at radius 1 is 1.38 bits per heavy atom. The van der Waals surface area contributed by atoms with E-state index < -0.39 is 0 Å². The average Bonchev–Trinajstić information content (AvgIpc) is 3.09. The molecule has 0 spiro atoms. The highest BCUT2D eigenvalue weighted by atomic mass is 79.9. The molecule has 1 aromatic heterocycles. The van der Waals surface area contributed by atoms with Crippen molar-refractivity contribution < 1.29 is 4.39 Å². The van der Waals surface area contributed by atoms with Gasteiger partial charge in [-0.1, -0.05) is 15.9 Å². The molecule has 1 aliphatic rings. The fourth-order valence-corrected chi connectivity index (χ4v) is 2.21. The first kappa shape index (κ1) is 10.1. The van der Waals surface area contributed by atoms with Crippen molar-refractivity contribution in [3.05, 3.63) is 34.7 Å². The first-order valence-electron chi connectivity index (χ1n) is 5.22. The van der Waals surface area contributed by atoms with E-state index in [1.54, 1.807) is 6.20 Å². The van der Waals surface area contributed by atoms with Crippen molar-refractivity contribution in [2.24, 2.45) is 0 Å². The second-order valence-electron chi connectivity index (χ2n) is 4.31. The molecular weight excluding hydrogens is 271 g/mol. The maximum absolute atomic E-state index is 12.9. The summed E-state index contributed by atoms with van der Waals surface area (Å²) >= 11 is 3.40. The van der Waals surface area contributed by atoms with Crippen LogP contribution in [0, 0.1) is 0 Å². The number of nitrogens with zero attached hydrogens (tertiary/aromatic N) is 2. The van der Waals surface area contributed by atoms with E-state index >= 15 is 0 Å². The number of rotatable bonds is 2. The highest BCUT2D eigenvalue weighted by Crippen LogP contribution is 2.47. The Bertz CT molecular complexity index is 552. The van der Waals surface area contributed by atoms with E-state index in [0.717, 1.165) is 28.2 Å². The Morgan fingerprint density at radius 2 is 2.19 bits per heavy atom. The van der Waals surface area contributed by atoms with E-state index in [4.69, 9.17) is 0 Å². The van der Waals surface area contributed by atoms with Gasteiger partial charge in [0.2, 0.25) is 0 Å². The Hall–Kier alpha value is -1.03. The normalized spacial score (nSPS) is 17.6. The molecule has 1 aromatic carbocycles. The highest BCUT2D eigenvalue weighted by molar-refractivity contribution is 9.10. The van der Waals surface area contributed by atoms with Crippen LogP contribution in [0.5, 0.6) is 0 Å². The highest BCUT2D eigenvalue weighted by Gasteiger charge is 2.47. The van der Waals surface area contributed by atoms with Crippen LogP contribution in [0.15, 0.2) is 28.9 Å². The van der Waals surface area contributed by atoms with Crippen molar-refractivity contribution in [1.82, 2.24) is 9.97 Å². The fraction of sp³-hybridized carbons (Fsp3) is 0.333. The lowest BCUT2D eigenvalue weighted by Gasteiger charge is -2.09. The van der Waals surface area contributed by atoms with E-state index in [0.29, 0.717) is 5.82 Å². The molecule has 0 atom stereocenters. The predicted molar refractivity (Wildman–Crippen MR) is 64.1 cm³/mol. The zero-order valence-electron chi connectivity index (χ0n) is 8.58. The van der Waals surface area contributed by atoms with Crippen LogP contribution in [-0.2, 0) is 5.41 Å². The van der Waals surface area contributed by atoms with Crippen LogP contribution in [-0.4, -0.2) is 16.6 Å². The molecule has 16 heavy (non-hydrogen) atoms. The molecule has 1 aliphatic carbocycles. The fourth-order valence-electron chi connectivity index (χ4n) is 1.83. The lowest BCUT2D eigenvalue weighted by Crippen LogP contribution is -2.13. The summed E-state index contributed by atoms with van der Waals surface area (Å²) < 4.78 is 13.9. The predicted octanol–water partition coefficient (Wildman–Crippen LogP) is 3.39. The van der Waals surface area contributed by atoms with Crippen molar-refractivity contribution in [2.75, 3.05) is 6.67 Å². The molecule has 1 fully saturated rings. The lowest BCUT2D eigenvalue weighted by molar-refractivity contribution is 0.406. The van der Waals surface area contributed by atoms with E-state index in [9.17, 15) is 4.39 Å². The third-order valence-corrected chi connectivity index (χ3v) is 3.62. The van der Waals surface area contributed by atoms with Crippen LogP contribution >= 0.6 is 15.9 Å². The van der Waals surface area contributed by atoms with Gasteiger partial charge in [0.25, 0.3) is 0 Å². The minimum Gasteiger partial charge on any atom is -0.250 e. The Kier molecular flexibility index (Phi) is 2.21. The number of benzene rings is 1. The molecule has 0 unspecified atom stereocenters. The van der Waals surface area contributed by atoms with E-state index in [2.05, 4.69) is 25.9 Å². The first-order chi connectivity index (χ1) is 7.73. The number of aromatic nitrogens is 2. The summed E-state index contributed by atoms with van der Waals surface area (Å²) in [5.41, 5.74) is 0.509. The topological polar surface area (TPSA) is 25.8 Å². The zero-order valence-corrected chi connectivity index (χ0v) is 10.2. The molecule has 4 heteroatoms. The van der Waals surface area contributed by atoms with Gasteiger partial charge in [0.15, 0.2) is 0 Å². The number of hydrogen-bond donors (Lipinski definition) is 0. The van der Waals surface area contributed by atoms with Crippen LogP contribution in [0.2, 0.25) is 0 Å². The molecule has 2 nitrogen and oxygen atoms in total. The molecule has 2 aromatic rings. The Labute approximate surface area is 101 Å². The summed E-state index contributed by atoms with van der Waals surface area (Å²) in [5.74, 6) is 0.657. The van der Waals surface area contributed by atoms with Crippen LogP contribution in [0.4, 0.5) is 4.39 Å². The van der Waals surface area contributed by atoms with Crippen LogP contribution in [0.3, 0.4) is 0 Å². The summed E-state index contributed by atoms with van der Waals surface area (Å²) in [6, 6.07) is 5.83. The molecule has 3 rings (SSSR count). The van der Waals surface area contributed by atoms with Crippen molar-refractivity contribution >= 4 is 26.8 Å². The van der Waals surface area contributed by atoms with Crippen molar-refractivity contribution in [1.29, 1.82) is 0 Å². The molecule has 0 bridgehead atoms. The molecule has 1 saturated carbocycles. The monoisotopic (exact) mass is 280 g/mol. The first-order valence-corrected chi connectivity index (χ1v) is 6.02. The van der Waals surface area contributed by atoms with Crippen molar-refractivity contribution in [2.45, 2.75) is 18.3 Å². The molecule has 82 valence electrons. The van der Waals surface area contributed by atoms with E-state index in [1.807, 2.05) is 18.2 Å². The van der Waals surface area contributed by atoms with Gasteiger partial charge in [0.05, 0.1) is 10.9 Å². The van der Waals surface area contributed by atoms with Gasteiger partial charge in [-0.15, -0.1) is 0 Å². The molecule has 0 N–H and O–H groups in total. The Balaban J connectivity index is 2.13. The Morgan fingerprint density at radius 3 is 2.88 bits per heavy atom. The van der Waals surface area contributed by atoms with Crippen LogP contribution < -0.4 is 0 Å². The summed E-state index contributed by atoms with van der Waals surface area (Å²) in [5, 5.41) is 0.979. The molecule has 0 aliphatic heterocycles. The summed E-state index contributed by atoms with van der Waals surface area (Å²) in [6.45, 7) is -0.352. The minimum absolute atomic E-state index is 0.352. The second-order valence-corrected chi connectivity index (χ2v) is 5.23. The number of fused-ring (bicyclic) bond motifs is 1. The van der Waals surface area contributed by atoms with Gasteiger partial charge in [-0.2, -0.15) is 0 Å². The number of hydrogen-bond acceptors (Lipinski definition) is 2. The van der Waals surface area contributed by atoms with E-state index in [1.165, 1.54) is 0 Å².